The van der Waals surface area contributed by atoms with Gasteiger partial charge in [-0.25, -0.2) is 0 Å². The van der Waals surface area contributed by atoms with E-state index in [0.717, 1.165) is 5.75 Å². The molecule has 0 bridgehead atoms. The van der Waals surface area contributed by atoms with Crippen molar-refractivity contribution in [2.24, 2.45) is 5.73 Å². The number of nitrogens with zero attached hydrogens (tertiary/aromatic N) is 2. The molecule has 1 aliphatic heterocycles. The Kier molecular flexibility index (Phi) is 3.43. The molecule has 0 spiro atoms. The van der Waals surface area contributed by atoms with Gasteiger partial charge >= 0.3 is 0 Å². The van der Waals surface area contributed by atoms with Crippen molar-refractivity contribution < 1.29 is 14.0 Å². The minimum Gasteiger partial charge on any atom is -0.485 e. The number of hydrogen-bond donors (Lipinski definition) is 1. The van der Waals surface area contributed by atoms with Gasteiger partial charge in [-0.15, -0.1) is 0 Å². The molecule has 2 N–H and O–H groups in total. The smallest absolute Gasteiger partial charge is 0.233 e. The first-order valence-corrected chi connectivity index (χ1v) is 6.16. The van der Waals surface area contributed by atoms with Crippen LogP contribution in [0, 0.1) is 0 Å². The molecular weight excluding hydrogens is 246 g/mol. The van der Waals surface area contributed by atoms with E-state index in [1.165, 1.54) is 0 Å². The van der Waals surface area contributed by atoms with E-state index in [1.54, 1.807) is 0 Å². The van der Waals surface area contributed by atoms with E-state index < -0.39 is 0 Å². The summed E-state index contributed by atoms with van der Waals surface area (Å²) in [5.41, 5.74) is 5.90. The van der Waals surface area contributed by atoms with Crippen molar-refractivity contribution in [3.8, 4) is 5.75 Å². The molecule has 0 radical (unpaired) electrons. The number of aromatic nitrogens is 2. The molecule has 1 aromatic heterocycles. The van der Waals surface area contributed by atoms with Gasteiger partial charge in [0.1, 0.15) is 5.75 Å². The Bertz CT molecular complexity index is 529. The first-order valence-electron chi connectivity index (χ1n) is 6.16. The van der Waals surface area contributed by atoms with Crippen LogP contribution in [0.3, 0.4) is 0 Å². The van der Waals surface area contributed by atoms with E-state index in [1.807, 2.05) is 30.3 Å². The SMILES string of the molecule is NC1COCC1c1nc(COc2ccccc2)no1. The van der Waals surface area contributed by atoms with Crippen LogP contribution >= 0.6 is 0 Å². The highest BCUT2D eigenvalue weighted by Crippen LogP contribution is 2.23. The standard InChI is InChI=1S/C13H15N3O3/c14-11-7-17-6-10(11)13-15-12(16-19-13)8-18-9-4-2-1-3-5-9/h1-5,10-11H,6-8,14H2. The molecule has 0 saturated carbocycles. The lowest BCUT2D eigenvalue weighted by molar-refractivity contribution is 0.187. The van der Waals surface area contributed by atoms with E-state index in [4.69, 9.17) is 19.7 Å². The second kappa shape index (κ2) is 5.38. The van der Waals surface area contributed by atoms with Gasteiger partial charge in [0.2, 0.25) is 11.7 Å². The molecule has 0 amide bonds. The lowest BCUT2D eigenvalue weighted by atomic mass is 10.1. The summed E-state index contributed by atoms with van der Waals surface area (Å²) in [7, 11) is 0. The van der Waals surface area contributed by atoms with Crippen LogP contribution in [0.5, 0.6) is 5.75 Å². The van der Waals surface area contributed by atoms with Gasteiger partial charge in [0.15, 0.2) is 6.61 Å². The van der Waals surface area contributed by atoms with E-state index in [0.29, 0.717) is 24.9 Å². The van der Waals surface area contributed by atoms with Crippen molar-refractivity contribution >= 4 is 0 Å². The molecule has 6 heteroatoms. The summed E-state index contributed by atoms with van der Waals surface area (Å²) in [4.78, 5) is 4.29. The summed E-state index contributed by atoms with van der Waals surface area (Å²) in [6.07, 6.45) is 0. The van der Waals surface area contributed by atoms with Crippen LogP contribution in [-0.4, -0.2) is 29.4 Å². The molecule has 1 saturated heterocycles. The van der Waals surface area contributed by atoms with Gasteiger partial charge in [-0.05, 0) is 12.1 Å². The predicted molar refractivity (Wildman–Crippen MR) is 66.6 cm³/mol. The van der Waals surface area contributed by atoms with Crippen LogP contribution in [0.1, 0.15) is 17.6 Å². The molecule has 6 nitrogen and oxygen atoms in total. The summed E-state index contributed by atoms with van der Waals surface area (Å²) in [6, 6.07) is 9.42. The fourth-order valence-electron chi connectivity index (χ4n) is 1.97. The minimum atomic E-state index is -0.0802. The normalized spacial score (nSPS) is 22.6. The number of benzene rings is 1. The Morgan fingerprint density at radius 2 is 2.11 bits per heavy atom. The van der Waals surface area contributed by atoms with Crippen LogP contribution in [-0.2, 0) is 11.3 Å². The summed E-state index contributed by atoms with van der Waals surface area (Å²) in [5.74, 6) is 1.79. The third-order valence-electron chi connectivity index (χ3n) is 3.04. The predicted octanol–water partition coefficient (Wildman–Crippen LogP) is 1.09. The molecule has 2 atom stereocenters. The van der Waals surface area contributed by atoms with Gasteiger partial charge in [0, 0.05) is 6.04 Å². The lowest BCUT2D eigenvalue weighted by Gasteiger charge is -2.06. The van der Waals surface area contributed by atoms with Crippen molar-refractivity contribution in [3.63, 3.8) is 0 Å². The quantitative estimate of drug-likeness (QED) is 0.887. The van der Waals surface area contributed by atoms with Crippen molar-refractivity contribution in [1.82, 2.24) is 10.1 Å². The average Bonchev–Trinajstić information content (AvgIpc) is 3.06. The maximum absolute atomic E-state index is 5.90. The summed E-state index contributed by atoms with van der Waals surface area (Å²) < 4.78 is 16.0. The Hall–Kier alpha value is -1.92. The maximum atomic E-state index is 5.90. The minimum absolute atomic E-state index is 0.0158. The van der Waals surface area contributed by atoms with Crippen LogP contribution in [0.4, 0.5) is 0 Å². The zero-order valence-corrected chi connectivity index (χ0v) is 10.4. The average molecular weight is 261 g/mol. The fraction of sp³-hybridized carbons (Fsp3) is 0.385. The van der Waals surface area contributed by atoms with Crippen LogP contribution in [0.15, 0.2) is 34.9 Å². The van der Waals surface area contributed by atoms with E-state index in [2.05, 4.69) is 10.1 Å². The molecule has 1 aromatic carbocycles. The van der Waals surface area contributed by atoms with Crippen molar-refractivity contribution in [1.29, 1.82) is 0 Å². The first kappa shape index (κ1) is 12.1. The third kappa shape index (κ3) is 2.74. The topological polar surface area (TPSA) is 83.4 Å². The van der Waals surface area contributed by atoms with Crippen molar-refractivity contribution in [2.75, 3.05) is 13.2 Å². The highest BCUT2D eigenvalue weighted by molar-refractivity contribution is 5.21. The van der Waals surface area contributed by atoms with E-state index >= 15 is 0 Å². The number of para-hydroxylation sites is 1. The molecule has 100 valence electrons. The lowest BCUT2D eigenvalue weighted by Crippen LogP contribution is -2.27. The summed E-state index contributed by atoms with van der Waals surface area (Å²) in [6.45, 7) is 1.33. The van der Waals surface area contributed by atoms with Gasteiger partial charge in [-0.3, -0.25) is 0 Å². The maximum Gasteiger partial charge on any atom is 0.233 e. The molecule has 1 fully saturated rings. The molecule has 19 heavy (non-hydrogen) atoms. The van der Waals surface area contributed by atoms with Crippen LogP contribution in [0.2, 0.25) is 0 Å². The van der Waals surface area contributed by atoms with Gasteiger partial charge in [-0.2, -0.15) is 4.98 Å². The van der Waals surface area contributed by atoms with Crippen molar-refractivity contribution in [3.05, 3.63) is 42.0 Å². The monoisotopic (exact) mass is 261 g/mol. The zero-order valence-electron chi connectivity index (χ0n) is 10.4. The molecule has 0 aliphatic carbocycles. The van der Waals surface area contributed by atoms with E-state index in [-0.39, 0.29) is 18.6 Å². The molecule has 2 aromatic rings. The Morgan fingerprint density at radius 1 is 1.26 bits per heavy atom. The number of hydrogen-bond acceptors (Lipinski definition) is 6. The Morgan fingerprint density at radius 3 is 2.84 bits per heavy atom. The molecular formula is C13H15N3O3. The third-order valence-corrected chi connectivity index (χ3v) is 3.04. The van der Waals surface area contributed by atoms with Crippen LogP contribution < -0.4 is 10.5 Å². The van der Waals surface area contributed by atoms with Gasteiger partial charge in [0.25, 0.3) is 0 Å². The number of rotatable bonds is 4. The highest BCUT2D eigenvalue weighted by atomic mass is 16.5. The summed E-state index contributed by atoms with van der Waals surface area (Å²) in [5, 5.41) is 3.89. The van der Waals surface area contributed by atoms with Gasteiger partial charge in [-0.1, -0.05) is 23.4 Å². The fourth-order valence-corrected chi connectivity index (χ4v) is 1.97. The Balaban J connectivity index is 1.62. The van der Waals surface area contributed by atoms with Crippen LogP contribution in [0.25, 0.3) is 0 Å². The second-order valence-corrected chi connectivity index (χ2v) is 4.46. The highest BCUT2D eigenvalue weighted by Gasteiger charge is 2.31. The second-order valence-electron chi connectivity index (χ2n) is 4.46. The van der Waals surface area contributed by atoms with Gasteiger partial charge < -0.3 is 19.7 Å². The molecule has 2 unspecified atom stereocenters. The van der Waals surface area contributed by atoms with Crippen molar-refractivity contribution in [2.45, 2.75) is 18.6 Å². The molecule has 1 aliphatic rings. The largest absolute Gasteiger partial charge is 0.485 e. The number of nitrogens with two attached hydrogens (primary N) is 1. The Labute approximate surface area is 110 Å². The molecule has 2 heterocycles. The molecule has 3 rings (SSSR count). The zero-order chi connectivity index (χ0) is 13.1. The van der Waals surface area contributed by atoms with Gasteiger partial charge in [0.05, 0.1) is 19.1 Å². The first-order chi connectivity index (χ1) is 9.33. The summed E-state index contributed by atoms with van der Waals surface area (Å²) >= 11 is 0. The number of ether oxygens (including phenoxy) is 2. The van der Waals surface area contributed by atoms with E-state index in [9.17, 15) is 0 Å².